The fourth-order valence-electron chi connectivity index (χ4n) is 0.862. The number of cyclic esters (lactones) is 2. The molecular weight excluding hydrogens is 230 g/mol. The number of thiol groups is 1. The topological polar surface area (TPSA) is 44.8 Å². The molecule has 4 nitrogen and oxygen atoms in total. The van der Waals surface area contributed by atoms with Crippen molar-refractivity contribution in [3.05, 3.63) is 11.0 Å². The van der Waals surface area contributed by atoms with Crippen molar-refractivity contribution in [2.45, 2.75) is 6.29 Å². The van der Waals surface area contributed by atoms with Gasteiger partial charge in [-0.05, 0) is 12.5 Å². The van der Waals surface area contributed by atoms with Gasteiger partial charge in [-0.3, -0.25) is 0 Å². The first-order chi connectivity index (χ1) is 7.00. The third-order valence-corrected chi connectivity index (χ3v) is 2.61. The first-order valence-corrected chi connectivity index (χ1v) is 6.40. The maximum absolute atomic E-state index is 13.0. The molecule has 1 heterocycles. The van der Waals surface area contributed by atoms with Crippen molar-refractivity contribution >= 4 is 17.1 Å². The number of hydrogen-bond acceptors (Lipinski definition) is 4. The van der Waals surface area contributed by atoms with E-state index in [9.17, 15) is 13.6 Å². The number of ether oxygens (including phenoxy) is 3. The molecule has 0 aromatic carbocycles. The van der Waals surface area contributed by atoms with Crippen molar-refractivity contribution in [3.63, 3.8) is 0 Å². The number of carbonyl (C=O) groups excluding carboxylic acids is 1. The Kier molecular flexibility index (Phi) is 4.34. The zero-order valence-corrected chi connectivity index (χ0v) is 9.22. The maximum atomic E-state index is 13.0. The molecule has 15 heavy (non-hydrogen) atoms. The molecular formula is C8H12F2O4S. The van der Waals surface area contributed by atoms with Gasteiger partial charge in [-0.25, -0.2) is 20.1 Å². The summed E-state index contributed by atoms with van der Waals surface area (Å²) in [5.74, 6) is -0.964. The summed E-state index contributed by atoms with van der Waals surface area (Å²) in [6.45, 7) is -0.644. The summed E-state index contributed by atoms with van der Waals surface area (Å²) >= 11 is 0. The van der Waals surface area contributed by atoms with E-state index >= 15 is 0 Å². The minimum Gasteiger partial charge on any atom is -0.428 e. The molecule has 0 saturated carbocycles. The largest absolute Gasteiger partial charge is 0.510 e. The van der Waals surface area contributed by atoms with Crippen LogP contribution in [0.4, 0.5) is 13.6 Å². The van der Waals surface area contributed by atoms with Crippen LogP contribution in [-0.4, -0.2) is 38.2 Å². The molecule has 0 bridgehead atoms. The van der Waals surface area contributed by atoms with Crippen molar-refractivity contribution in [2.24, 2.45) is 0 Å². The lowest BCUT2D eigenvalue weighted by molar-refractivity contribution is -0.0725. The SMILES string of the molecule is C[SH](C)/C(F)=C(\F)COC1COC(=O)O1. The van der Waals surface area contributed by atoms with Crippen LogP contribution in [0.1, 0.15) is 0 Å². The van der Waals surface area contributed by atoms with E-state index in [1.54, 1.807) is 12.5 Å². The predicted octanol–water partition coefficient (Wildman–Crippen LogP) is 1.86. The van der Waals surface area contributed by atoms with Crippen LogP contribution in [0.25, 0.3) is 0 Å². The van der Waals surface area contributed by atoms with E-state index in [0.29, 0.717) is 0 Å². The molecule has 88 valence electrons. The highest BCUT2D eigenvalue weighted by Gasteiger charge is 2.26. The van der Waals surface area contributed by atoms with Crippen LogP contribution in [0.5, 0.6) is 0 Å². The van der Waals surface area contributed by atoms with Gasteiger partial charge >= 0.3 is 6.16 Å². The molecule has 0 aliphatic carbocycles. The second kappa shape index (κ2) is 5.32. The van der Waals surface area contributed by atoms with E-state index in [0.717, 1.165) is 0 Å². The minimum atomic E-state index is -1.11. The van der Waals surface area contributed by atoms with Crippen molar-refractivity contribution in [2.75, 3.05) is 25.7 Å². The monoisotopic (exact) mass is 242 g/mol. The summed E-state index contributed by atoms with van der Waals surface area (Å²) in [7, 11) is -1.11. The third kappa shape index (κ3) is 3.67. The molecule has 1 fully saturated rings. The Hall–Kier alpha value is -0.820. The first-order valence-electron chi connectivity index (χ1n) is 4.17. The van der Waals surface area contributed by atoms with Crippen LogP contribution in [0.3, 0.4) is 0 Å². The molecule has 0 aromatic rings. The average molecular weight is 242 g/mol. The maximum Gasteiger partial charge on any atom is 0.510 e. The summed E-state index contributed by atoms with van der Waals surface area (Å²) < 4.78 is 39.6. The van der Waals surface area contributed by atoms with E-state index < -0.39 is 40.9 Å². The Balaban J connectivity index is 2.37. The van der Waals surface area contributed by atoms with Crippen LogP contribution in [-0.2, 0) is 14.2 Å². The Bertz CT molecular complexity index is 280. The summed E-state index contributed by atoms with van der Waals surface area (Å²) in [4.78, 5) is 10.4. The molecule has 0 N–H and O–H groups in total. The highest BCUT2D eigenvalue weighted by molar-refractivity contribution is 8.19. The van der Waals surface area contributed by atoms with Gasteiger partial charge in [0.25, 0.3) is 0 Å². The minimum absolute atomic E-state index is 0.0965. The molecule has 1 saturated heterocycles. The molecule has 1 unspecified atom stereocenters. The molecule has 1 aliphatic heterocycles. The molecule has 1 aliphatic rings. The van der Waals surface area contributed by atoms with Gasteiger partial charge in [0.15, 0.2) is 17.6 Å². The molecule has 1 rings (SSSR count). The predicted molar refractivity (Wildman–Crippen MR) is 52.2 cm³/mol. The van der Waals surface area contributed by atoms with E-state index in [1.807, 2.05) is 0 Å². The highest BCUT2D eigenvalue weighted by atomic mass is 32.2. The number of hydrogen-bond donors (Lipinski definition) is 1. The Labute approximate surface area is 88.5 Å². The van der Waals surface area contributed by atoms with E-state index in [1.165, 1.54) is 0 Å². The van der Waals surface area contributed by atoms with Crippen molar-refractivity contribution < 1.29 is 27.8 Å². The highest BCUT2D eigenvalue weighted by Crippen LogP contribution is 2.31. The Morgan fingerprint density at radius 3 is 2.73 bits per heavy atom. The van der Waals surface area contributed by atoms with Crippen LogP contribution in [0, 0.1) is 0 Å². The summed E-state index contributed by atoms with van der Waals surface area (Å²) in [5.41, 5.74) is 0. The third-order valence-electron chi connectivity index (χ3n) is 1.58. The van der Waals surface area contributed by atoms with Gasteiger partial charge in [0, 0.05) is 0 Å². The summed E-state index contributed by atoms with van der Waals surface area (Å²) in [5, 5.41) is -0.796. The van der Waals surface area contributed by atoms with Gasteiger partial charge in [-0.15, -0.1) is 0 Å². The van der Waals surface area contributed by atoms with E-state index in [2.05, 4.69) is 9.47 Å². The normalized spacial score (nSPS) is 23.1. The fourth-order valence-corrected chi connectivity index (χ4v) is 1.41. The van der Waals surface area contributed by atoms with Crippen LogP contribution < -0.4 is 0 Å². The zero-order valence-electron chi connectivity index (χ0n) is 8.33. The molecule has 7 heteroatoms. The number of carbonyl (C=O) groups is 1. The van der Waals surface area contributed by atoms with Crippen LogP contribution in [0.2, 0.25) is 0 Å². The van der Waals surface area contributed by atoms with Gasteiger partial charge < -0.3 is 14.2 Å². The molecule has 1 atom stereocenters. The van der Waals surface area contributed by atoms with Crippen LogP contribution in [0.15, 0.2) is 11.0 Å². The van der Waals surface area contributed by atoms with E-state index in [-0.39, 0.29) is 6.61 Å². The zero-order chi connectivity index (χ0) is 11.4. The molecule has 0 spiro atoms. The first kappa shape index (κ1) is 12.3. The lowest BCUT2D eigenvalue weighted by atomic mass is 10.6. The lowest BCUT2D eigenvalue weighted by Gasteiger charge is -2.10. The smallest absolute Gasteiger partial charge is 0.428 e. The van der Waals surface area contributed by atoms with E-state index in [4.69, 9.17) is 4.74 Å². The van der Waals surface area contributed by atoms with Crippen molar-refractivity contribution in [1.29, 1.82) is 0 Å². The fraction of sp³-hybridized carbons (Fsp3) is 0.625. The van der Waals surface area contributed by atoms with Crippen molar-refractivity contribution in [1.82, 2.24) is 0 Å². The second-order valence-corrected chi connectivity index (χ2v) is 5.19. The van der Waals surface area contributed by atoms with Gasteiger partial charge in [-0.2, -0.15) is 4.39 Å². The molecule has 0 radical (unpaired) electrons. The standard InChI is InChI=1S/C8H12F2O4S/c1-15(2)7(10)5(9)3-12-6-4-13-8(11)14-6/h6,15H,3-4H2,1-2H3/b7-5-. The quantitative estimate of drug-likeness (QED) is 0.603. The summed E-state index contributed by atoms with van der Waals surface area (Å²) in [6, 6.07) is 0. The summed E-state index contributed by atoms with van der Waals surface area (Å²) in [6.07, 6.45) is 1.36. The second-order valence-electron chi connectivity index (χ2n) is 3.01. The van der Waals surface area contributed by atoms with Gasteiger partial charge in [0.2, 0.25) is 6.29 Å². The van der Waals surface area contributed by atoms with Gasteiger partial charge in [0.1, 0.15) is 6.61 Å². The van der Waals surface area contributed by atoms with Crippen LogP contribution >= 0.6 is 10.9 Å². The lowest BCUT2D eigenvalue weighted by Crippen LogP contribution is -2.16. The molecule has 0 amide bonds. The number of halogens is 2. The number of rotatable bonds is 4. The Morgan fingerprint density at radius 2 is 2.27 bits per heavy atom. The van der Waals surface area contributed by atoms with Gasteiger partial charge in [-0.1, -0.05) is 0 Å². The Morgan fingerprint density at radius 1 is 1.60 bits per heavy atom. The average Bonchev–Trinajstić information content (AvgIpc) is 2.59. The van der Waals surface area contributed by atoms with Crippen molar-refractivity contribution in [3.8, 4) is 0 Å². The van der Waals surface area contributed by atoms with Gasteiger partial charge in [0.05, 0.1) is 0 Å². The molecule has 0 aromatic heterocycles.